The molecule has 1 saturated carbocycles. The molecule has 0 amide bonds. The minimum absolute atomic E-state index is 0.458. The minimum atomic E-state index is 0.458. The highest BCUT2D eigenvalue weighted by atomic mass is 32.1. The zero-order valence-electron chi connectivity index (χ0n) is 8.80. The third kappa shape index (κ3) is 3.88. The Bertz CT molecular complexity index is 204. The summed E-state index contributed by atoms with van der Waals surface area (Å²) < 4.78 is 0. The maximum absolute atomic E-state index is 5.07. The van der Waals surface area contributed by atoms with Gasteiger partial charge in [0.05, 0.1) is 9.98 Å². The highest BCUT2D eigenvalue weighted by Gasteiger charge is 2.24. The number of nitrogens with one attached hydrogen (secondary N) is 2. The molecule has 0 spiro atoms. The smallest absolute Gasteiger partial charge is 0.0724 e. The van der Waals surface area contributed by atoms with Gasteiger partial charge in [0.1, 0.15) is 0 Å². The van der Waals surface area contributed by atoms with Crippen LogP contribution >= 0.6 is 24.4 Å². The summed E-state index contributed by atoms with van der Waals surface area (Å²) in [6, 6.07) is 0.915. The van der Waals surface area contributed by atoms with Crippen LogP contribution in [0, 0.1) is 0 Å². The van der Waals surface area contributed by atoms with Crippen LogP contribution in [0.1, 0.15) is 39.5 Å². The lowest BCUT2D eigenvalue weighted by Gasteiger charge is -2.33. The zero-order valence-corrected chi connectivity index (χ0v) is 10.4. The van der Waals surface area contributed by atoms with Gasteiger partial charge in [0.15, 0.2) is 0 Å². The van der Waals surface area contributed by atoms with E-state index in [1.165, 1.54) is 25.7 Å². The summed E-state index contributed by atoms with van der Waals surface area (Å²) in [6.45, 7) is 3.87. The van der Waals surface area contributed by atoms with Crippen molar-refractivity contribution in [3.05, 3.63) is 0 Å². The van der Waals surface area contributed by atoms with Crippen molar-refractivity contribution in [3.8, 4) is 0 Å². The molecule has 0 heterocycles. The predicted molar refractivity (Wildman–Crippen MR) is 68.9 cm³/mol. The molecule has 2 N–H and O–H groups in total. The number of thiocarbonyl (C=S) groups is 2. The SMILES string of the molecule is CC(=S)N[C@H]1CCCC[C@H]1NC(C)=S. The molecule has 1 rings (SSSR count). The van der Waals surface area contributed by atoms with E-state index in [-0.39, 0.29) is 0 Å². The Morgan fingerprint density at radius 1 is 0.929 bits per heavy atom. The Labute approximate surface area is 96.8 Å². The topological polar surface area (TPSA) is 24.1 Å². The largest absolute Gasteiger partial charge is 0.375 e. The fraction of sp³-hybridized carbons (Fsp3) is 0.800. The van der Waals surface area contributed by atoms with Crippen LogP contribution in [0.4, 0.5) is 0 Å². The minimum Gasteiger partial charge on any atom is -0.375 e. The standard InChI is InChI=1S/C10H18N2S2/c1-7(13)11-9-5-3-4-6-10(9)12-8(2)14/h9-10H,3-6H2,1-2H3,(H,11,13)(H,12,14)/t9-,10+. The van der Waals surface area contributed by atoms with E-state index in [1.807, 2.05) is 13.8 Å². The van der Waals surface area contributed by atoms with Gasteiger partial charge >= 0.3 is 0 Å². The molecule has 0 aromatic heterocycles. The highest BCUT2D eigenvalue weighted by Crippen LogP contribution is 2.18. The van der Waals surface area contributed by atoms with Crippen molar-refractivity contribution in [2.24, 2.45) is 0 Å². The van der Waals surface area contributed by atoms with Crippen LogP contribution in [-0.4, -0.2) is 22.1 Å². The number of hydrogen-bond donors (Lipinski definition) is 2. The Hall–Kier alpha value is -0.220. The molecule has 2 nitrogen and oxygen atoms in total. The van der Waals surface area contributed by atoms with Crippen LogP contribution in [0.2, 0.25) is 0 Å². The Morgan fingerprint density at radius 3 is 1.57 bits per heavy atom. The second-order valence-electron chi connectivity index (χ2n) is 3.90. The van der Waals surface area contributed by atoms with Crippen LogP contribution in [0.25, 0.3) is 0 Å². The molecule has 0 aliphatic heterocycles. The van der Waals surface area contributed by atoms with Crippen molar-refractivity contribution in [2.45, 2.75) is 51.6 Å². The molecule has 1 aliphatic carbocycles. The summed E-state index contributed by atoms with van der Waals surface area (Å²) >= 11 is 10.1. The van der Waals surface area contributed by atoms with Gasteiger partial charge in [0.2, 0.25) is 0 Å². The molecule has 4 heteroatoms. The molecular weight excluding hydrogens is 212 g/mol. The monoisotopic (exact) mass is 230 g/mol. The van der Waals surface area contributed by atoms with E-state index in [0.717, 1.165) is 9.98 Å². The molecule has 0 radical (unpaired) electrons. The number of hydrogen-bond acceptors (Lipinski definition) is 2. The first-order valence-corrected chi connectivity index (χ1v) is 5.95. The van der Waals surface area contributed by atoms with Crippen molar-refractivity contribution in [1.82, 2.24) is 10.6 Å². The Morgan fingerprint density at radius 2 is 1.29 bits per heavy atom. The quantitative estimate of drug-likeness (QED) is 0.710. The molecule has 0 saturated heterocycles. The third-order valence-corrected chi connectivity index (χ3v) is 2.78. The van der Waals surface area contributed by atoms with E-state index in [4.69, 9.17) is 24.4 Å². The van der Waals surface area contributed by atoms with Crippen LogP contribution in [0.15, 0.2) is 0 Å². The van der Waals surface area contributed by atoms with Gasteiger partial charge in [-0.1, -0.05) is 37.3 Å². The van der Waals surface area contributed by atoms with Gasteiger partial charge in [-0.3, -0.25) is 0 Å². The zero-order chi connectivity index (χ0) is 10.6. The van der Waals surface area contributed by atoms with E-state index in [1.54, 1.807) is 0 Å². The van der Waals surface area contributed by atoms with Gasteiger partial charge in [0.25, 0.3) is 0 Å². The first-order valence-electron chi connectivity index (χ1n) is 5.14. The number of rotatable bonds is 2. The first-order chi connectivity index (χ1) is 6.59. The summed E-state index contributed by atoms with van der Waals surface area (Å²) in [4.78, 5) is 1.76. The van der Waals surface area contributed by atoms with Gasteiger partial charge in [-0.05, 0) is 26.7 Å². The van der Waals surface area contributed by atoms with Crippen LogP contribution in [-0.2, 0) is 0 Å². The molecule has 1 aliphatic rings. The predicted octanol–water partition coefficient (Wildman–Crippen LogP) is 2.17. The van der Waals surface area contributed by atoms with Crippen molar-refractivity contribution < 1.29 is 0 Å². The average Bonchev–Trinajstić information content (AvgIpc) is 2.06. The fourth-order valence-corrected chi connectivity index (χ4v) is 2.30. The van der Waals surface area contributed by atoms with Gasteiger partial charge in [-0.15, -0.1) is 0 Å². The summed E-state index contributed by atoms with van der Waals surface area (Å²) in [5.41, 5.74) is 0. The van der Waals surface area contributed by atoms with E-state index >= 15 is 0 Å². The molecule has 0 unspecified atom stereocenters. The van der Waals surface area contributed by atoms with Crippen molar-refractivity contribution >= 4 is 34.4 Å². The fourth-order valence-electron chi connectivity index (χ4n) is 2.00. The molecule has 0 aromatic rings. The highest BCUT2D eigenvalue weighted by molar-refractivity contribution is 7.80. The van der Waals surface area contributed by atoms with Crippen LogP contribution < -0.4 is 10.6 Å². The van der Waals surface area contributed by atoms with E-state index < -0.39 is 0 Å². The molecule has 2 atom stereocenters. The van der Waals surface area contributed by atoms with E-state index in [9.17, 15) is 0 Å². The third-order valence-electron chi connectivity index (χ3n) is 2.54. The molecule has 14 heavy (non-hydrogen) atoms. The maximum Gasteiger partial charge on any atom is 0.0724 e. The van der Waals surface area contributed by atoms with E-state index in [0.29, 0.717) is 12.1 Å². The normalized spacial score (nSPS) is 26.7. The molecule has 1 fully saturated rings. The average molecular weight is 230 g/mol. The Kier molecular flexibility index (Phi) is 4.75. The molecule has 0 bridgehead atoms. The molecule has 0 aromatic carbocycles. The maximum atomic E-state index is 5.07. The second kappa shape index (κ2) is 5.61. The summed E-state index contributed by atoms with van der Waals surface area (Å²) in [7, 11) is 0. The van der Waals surface area contributed by atoms with Gasteiger partial charge in [-0.2, -0.15) is 0 Å². The van der Waals surface area contributed by atoms with Gasteiger partial charge in [-0.25, -0.2) is 0 Å². The Balaban J connectivity index is 2.49. The molecular formula is C10H18N2S2. The summed E-state index contributed by atoms with van der Waals surface area (Å²) in [5, 5.41) is 6.69. The van der Waals surface area contributed by atoms with Crippen LogP contribution in [0.5, 0.6) is 0 Å². The lowest BCUT2D eigenvalue weighted by Crippen LogP contribution is -2.51. The second-order valence-corrected chi connectivity index (χ2v) is 5.12. The lowest BCUT2D eigenvalue weighted by molar-refractivity contribution is 0.339. The summed E-state index contributed by atoms with van der Waals surface area (Å²) in [5.74, 6) is 0. The van der Waals surface area contributed by atoms with E-state index in [2.05, 4.69) is 10.6 Å². The van der Waals surface area contributed by atoms with Crippen LogP contribution in [0.3, 0.4) is 0 Å². The van der Waals surface area contributed by atoms with Crippen molar-refractivity contribution in [3.63, 3.8) is 0 Å². The molecule has 80 valence electrons. The van der Waals surface area contributed by atoms with Gasteiger partial charge < -0.3 is 10.6 Å². The van der Waals surface area contributed by atoms with Crippen molar-refractivity contribution in [1.29, 1.82) is 0 Å². The first kappa shape index (κ1) is 11.9. The lowest BCUT2D eigenvalue weighted by atomic mass is 9.90. The van der Waals surface area contributed by atoms with Gasteiger partial charge in [0, 0.05) is 12.1 Å². The van der Waals surface area contributed by atoms with Crippen molar-refractivity contribution in [2.75, 3.05) is 0 Å². The summed E-state index contributed by atoms with van der Waals surface area (Å²) in [6.07, 6.45) is 4.95.